The Hall–Kier alpha value is -0.870. The highest BCUT2D eigenvalue weighted by molar-refractivity contribution is 5.14. The molecule has 1 aromatic heterocycles. The molecule has 1 atom stereocenters. The minimum absolute atomic E-state index is 0.0114. The lowest BCUT2D eigenvalue weighted by molar-refractivity contribution is 0.0995. The summed E-state index contributed by atoms with van der Waals surface area (Å²) in [4.78, 5) is 0. The number of nitrogens with zero attached hydrogens (tertiary/aromatic N) is 2. The Bertz CT molecular complexity index is 342. The number of hydrogen-bond donors (Lipinski definition) is 2. The van der Waals surface area contributed by atoms with E-state index in [9.17, 15) is 5.11 Å². The number of aliphatic hydroxyl groups is 1. The third-order valence-corrected chi connectivity index (χ3v) is 4.10. The quantitative estimate of drug-likeness (QED) is 0.801. The molecule has 1 saturated carbocycles. The molecule has 0 spiro atoms. The first kappa shape index (κ1) is 11.6. The van der Waals surface area contributed by atoms with Crippen LogP contribution in [0.25, 0.3) is 0 Å². The van der Waals surface area contributed by atoms with Gasteiger partial charge in [0.2, 0.25) is 0 Å². The minimum Gasteiger partial charge on any atom is -0.396 e. The predicted octanol–water partition coefficient (Wildman–Crippen LogP) is 1.02. The molecule has 0 unspecified atom stereocenters. The van der Waals surface area contributed by atoms with Crippen LogP contribution in [-0.2, 0) is 7.05 Å². The Balaban J connectivity index is 2.31. The first-order valence-corrected chi connectivity index (χ1v) is 6.02. The molecule has 4 heteroatoms. The zero-order chi connectivity index (χ0) is 11.6. The second-order valence-corrected chi connectivity index (χ2v) is 4.90. The largest absolute Gasteiger partial charge is 0.396 e. The summed E-state index contributed by atoms with van der Waals surface area (Å²) >= 11 is 0. The van der Waals surface area contributed by atoms with Crippen LogP contribution >= 0.6 is 0 Å². The summed E-state index contributed by atoms with van der Waals surface area (Å²) in [5.74, 6) is 0.229. The van der Waals surface area contributed by atoms with Crippen LogP contribution in [0.3, 0.4) is 0 Å². The van der Waals surface area contributed by atoms with E-state index in [0.29, 0.717) is 6.54 Å². The van der Waals surface area contributed by atoms with E-state index in [0.717, 1.165) is 18.5 Å². The van der Waals surface area contributed by atoms with Crippen LogP contribution in [0.15, 0.2) is 12.3 Å². The summed E-state index contributed by atoms with van der Waals surface area (Å²) in [7, 11) is 1.94. The zero-order valence-corrected chi connectivity index (χ0v) is 9.89. The summed E-state index contributed by atoms with van der Waals surface area (Å²) in [6.07, 6.45) is 6.37. The van der Waals surface area contributed by atoms with Crippen LogP contribution in [0.4, 0.5) is 0 Å². The van der Waals surface area contributed by atoms with Gasteiger partial charge in [0.05, 0.1) is 0 Å². The topological polar surface area (TPSA) is 64.1 Å². The molecule has 0 saturated heterocycles. The number of aliphatic hydroxyl groups excluding tert-OH is 1. The van der Waals surface area contributed by atoms with Gasteiger partial charge in [-0.1, -0.05) is 12.8 Å². The second-order valence-electron chi connectivity index (χ2n) is 4.90. The van der Waals surface area contributed by atoms with Gasteiger partial charge < -0.3 is 10.8 Å². The minimum atomic E-state index is -0.0114. The average molecular weight is 223 g/mol. The first-order valence-electron chi connectivity index (χ1n) is 6.02. The molecule has 0 amide bonds. The number of rotatable bonds is 4. The standard InChI is InChI=1S/C12H21N3O/c1-15-11(4-7-14-15)10(8-13)12(9-16)5-2-3-6-12/h4,7,10,16H,2-3,5-6,8-9,13H2,1H3/t10-/m1/s1. The van der Waals surface area contributed by atoms with E-state index in [2.05, 4.69) is 5.10 Å². The third kappa shape index (κ3) is 1.76. The zero-order valence-electron chi connectivity index (χ0n) is 9.89. The molecule has 0 bridgehead atoms. The van der Waals surface area contributed by atoms with E-state index in [-0.39, 0.29) is 17.9 Å². The summed E-state index contributed by atoms with van der Waals surface area (Å²) in [5, 5.41) is 13.9. The molecule has 1 fully saturated rings. The number of hydrogen-bond acceptors (Lipinski definition) is 3. The molecule has 2 rings (SSSR count). The van der Waals surface area contributed by atoms with Crippen LogP contribution in [-0.4, -0.2) is 28.0 Å². The molecule has 4 nitrogen and oxygen atoms in total. The van der Waals surface area contributed by atoms with E-state index in [1.807, 2.05) is 17.8 Å². The molecule has 0 radical (unpaired) electrons. The Labute approximate surface area is 96.5 Å². The van der Waals surface area contributed by atoms with Crippen molar-refractivity contribution in [1.29, 1.82) is 0 Å². The van der Waals surface area contributed by atoms with Crippen molar-refractivity contribution in [2.24, 2.45) is 18.2 Å². The smallest absolute Gasteiger partial charge is 0.0494 e. The lowest BCUT2D eigenvalue weighted by Gasteiger charge is -2.35. The van der Waals surface area contributed by atoms with E-state index < -0.39 is 0 Å². The lowest BCUT2D eigenvalue weighted by atomic mass is 9.73. The van der Waals surface area contributed by atoms with Gasteiger partial charge in [0.25, 0.3) is 0 Å². The van der Waals surface area contributed by atoms with Gasteiger partial charge >= 0.3 is 0 Å². The van der Waals surface area contributed by atoms with Crippen LogP contribution in [0.2, 0.25) is 0 Å². The fraction of sp³-hybridized carbons (Fsp3) is 0.750. The average Bonchev–Trinajstić information content (AvgIpc) is 2.91. The van der Waals surface area contributed by atoms with Crippen molar-refractivity contribution in [3.63, 3.8) is 0 Å². The monoisotopic (exact) mass is 223 g/mol. The van der Waals surface area contributed by atoms with Gasteiger partial charge in [-0.05, 0) is 18.9 Å². The van der Waals surface area contributed by atoms with Crippen LogP contribution in [0, 0.1) is 5.41 Å². The Morgan fingerprint density at radius 3 is 2.69 bits per heavy atom. The van der Waals surface area contributed by atoms with Gasteiger partial charge in [-0.15, -0.1) is 0 Å². The van der Waals surface area contributed by atoms with Crippen molar-refractivity contribution in [3.8, 4) is 0 Å². The molecule has 90 valence electrons. The van der Waals surface area contributed by atoms with Gasteiger partial charge in [-0.2, -0.15) is 5.10 Å². The molecule has 0 aliphatic heterocycles. The van der Waals surface area contributed by atoms with Crippen molar-refractivity contribution in [1.82, 2.24) is 9.78 Å². The van der Waals surface area contributed by atoms with E-state index in [1.54, 1.807) is 6.20 Å². The molecule has 16 heavy (non-hydrogen) atoms. The van der Waals surface area contributed by atoms with Crippen LogP contribution in [0.1, 0.15) is 37.3 Å². The number of aromatic nitrogens is 2. The van der Waals surface area contributed by atoms with Gasteiger partial charge in [0.15, 0.2) is 0 Å². The molecule has 1 aliphatic carbocycles. The maximum atomic E-state index is 9.72. The maximum Gasteiger partial charge on any atom is 0.0494 e. The highest BCUT2D eigenvalue weighted by atomic mass is 16.3. The fourth-order valence-electron chi connectivity index (χ4n) is 3.11. The number of aryl methyl sites for hydroxylation is 1. The van der Waals surface area contributed by atoms with Crippen molar-refractivity contribution in [2.45, 2.75) is 31.6 Å². The van der Waals surface area contributed by atoms with Crippen molar-refractivity contribution in [2.75, 3.05) is 13.2 Å². The molecule has 1 aromatic rings. The van der Waals surface area contributed by atoms with Gasteiger partial charge in [-0.25, -0.2) is 0 Å². The highest BCUT2D eigenvalue weighted by Crippen LogP contribution is 2.47. The molecule has 0 aromatic carbocycles. The third-order valence-electron chi connectivity index (χ3n) is 4.10. The van der Waals surface area contributed by atoms with E-state index >= 15 is 0 Å². The molecule has 1 heterocycles. The summed E-state index contributed by atoms with van der Waals surface area (Å²) in [5.41, 5.74) is 7.06. The van der Waals surface area contributed by atoms with Crippen molar-refractivity contribution in [3.05, 3.63) is 18.0 Å². The van der Waals surface area contributed by atoms with Gasteiger partial charge in [0.1, 0.15) is 0 Å². The lowest BCUT2D eigenvalue weighted by Crippen LogP contribution is -2.35. The van der Waals surface area contributed by atoms with Crippen LogP contribution in [0.5, 0.6) is 0 Å². The van der Waals surface area contributed by atoms with E-state index in [4.69, 9.17) is 5.73 Å². The molecular formula is C12H21N3O. The normalized spacial score (nSPS) is 21.2. The van der Waals surface area contributed by atoms with Crippen molar-refractivity contribution < 1.29 is 5.11 Å². The maximum absolute atomic E-state index is 9.72. The summed E-state index contributed by atoms with van der Waals surface area (Å²) in [6.45, 7) is 0.820. The Morgan fingerprint density at radius 2 is 2.25 bits per heavy atom. The fourth-order valence-corrected chi connectivity index (χ4v) is 3.11. The highest BCUT2D eigenvalue weighted by Gasteiger charge is 2.41. The molecular weight excluding hydrogens is 202 g/mol. The number of nitrogens with two attached hydrogens (primary N) is 1. The second kappa shape index (κ2) is 4.55. The van der Waals surface area contributed by atoms with Crippen LogP contribution < -0.4 is 5.73 Å². The summed E-state index contributed by atoms with van der Waals surface area (Å²) < 4.78 is 1.88. The molecule has 1 aliphatic rings. The van der Waals surface area contributed by atoms with Gasteiger partial charge in [-0.3, -0.25) is 4.68 Å². The van der Waals surface area contributed by atoms with Crippen molar-refractivity contribution >= 4 is 0 Å². The van der Waals surface area contributed by atoms with Gasteiger partial charge in [0, 0.05) is 43.4 Å². The SMILES string of the molecule is Cn1nccc1[C@@H](CN)C1(CO)CCCC1. The molecule has 3 N–H and O–H groups in total. The Kier molecular flexibility index (Phi) is 3.30. The van der Waals surface area contributed by atoms with E-state index in [1.165, 1.54) is 12.8 Å². The summed E-state index contributed by atoms with van der Waals surface area (Å²) in [6, 6.07) is 2.02. The first-order chi connectivity index (χ1) is 7.73. The Morgan fingerprint density at radius 1 is 1.56 bits per heavy atom. The predicted molar refractivity (Wildman–Crippen MR) is 63.0 cm³/mol.